The minimum Gasteiger partial charge on any atom is -0.347 e. The summed E-state index contributed by atoms with van der Waals surface area (Å²) in [6.45, 7) is 7.39. The van der Waals surface area contributed by atoms with Crippen molar-refractivity contribution >= 4 is 0 Å². The summed E-state index contributed by atoms with van der Waals surface area (Å²) in [4.78, 5) is 0. The fraction of sp³-hybridized carbons (Fsp3) is 0.412. The van der Waals surface area contributed by atoms with Gasteiger partial charge in [-0.05, 0) is 49.1 Å². The van der Waals surface area contributed by atoms with Crippen molar-refractivity contribution in [2.24, 2.45) is 5.73 Å². The second-order valence-electron chi connectivity index (χ2n) is 5.42. The molecule has 0 fully saturated rings. The predicted octanol–water partition coefficient (Wildman–Crippen LogP) is 3.43. The molecule has 0 aliphatic carbocycles. The maximum Gasteiger partial charge on any atom is 0.0472 e. The lowest BCUT2D eigenvalue weighted by molar-refractivity contribution is 0.610. The fourth-order valence-electron chi connectivity index (χ4n) is 2.30. The quantitative estimate of drug-likeness (QED) is 0.873. The number of benzene rings is 1. The first kappa shape index (κ1) is 13.9. The Hall–Kier alpha value is -1.54. The second kappa shape index (κ2) is 6.07. The van der Waals surface area contributed by atoms with E-state index in [1.807, 2.05) is 0 Å². The van der Waals surface area contributed by atoms with Crippen molar-refractivity contribution in [3.8, 4) is 0 Å². The Balaban J connectivity index is 2.14. The number of hydrogen-bond acceptors (Lipinski definition) is 1. The molecule has 0 radical (unpaired) electrons. The van der Waals surface area contributed by atoms with Crippen LogP contribution in [-0.4, -0.2) is 10.6 Å². The molecule has 2 nitrogen and oxygen atoms in total. The number of aromatic nitrogens is 1. The molecule has 2 aromatic rings. The van der Waals surface area contributed by atoms with Crippen LogP contribution in [0.25, 0.3) is 0 Å². The van der Waals surface area contributed by atoms with Crippen molar-refractivity contribution in [3.63, 3.8) is 0 Å². The topological polar surface area (TPSA) is 30.9 Å². The van der Waals surface area contributed by atoms with Crippen molar-refractivity contribution < 1.29 is 0 Å². The molecule has 0 aliphatic rings. The summed E-state index contributed by atoms with van der Waals surface area (Å²) >= 11 is 0. The van der Waals surface area contributed by atoms with Gasteiger partial charge in [0.05, 0.1) is 0 Å². The van der Waals surface area contributed by atoms with Crippen LogP contribution in [0.1, 0.15) is 35.7 Å². The zero-order valence-corrected chi connectivity index (χ0v) is 12.2. The number of hydrogen-bond donors (Lipinski definition) is 1. The third-order valence-corrected chi connectivity index (χ3v) is 3.84. The summed E-state index contributed by atoms with van der Waals surface area (Å²) in [6.07, 6.45) is 4.12. The smallest absolute Gasteiger partial charge is 0.0472 e. The van der Waals surface area contributed by atoms with Crippen molar-refractivity contribution in [2.75, 3.05) is 0 Å². The van der Waals surface area contributed by atoms with Gasteiger partial charge in [-0.15, -0.1) is 0 Å². The number of nitrogens with two attached hydrogens (primary N) is 1. The van der Waals surface area contributed by atoms with Crippen LogP contribution in [0.4, 0.5) is 0 Å². The molecule has 0 spiro atoms. The van der Waals surface area contributed by atoms with Gasteiger partial charge in [-0.3, -0.25) is 0 Å². The Bertz CT molecular complexity index is 540. The van der Waals surface area contributed by atoms with E-state index in [1.165, 1.54) is 22.4 Å². The predicted molar refractivity (Wildman–Crippen MR) is 81.4 cm³/mol. The summed E-state index contributed by atoms with van der Waals surface area (Å²) in [7, 11) is 0. The van der Waals surface area contributed by atoms with E-state index in [2.05, 4.69) is 61.9 Å². The molecule has 1 aromatic carbocycles. The van der Waals surface area contributed by atoms with E-state index in [4.69, 9.17) is 5.73 Å². The molecule has 0 aliphatic heterocycles. The van der Waals surface area contributed by atoms with Gasteiger partial charge in [0, 0.05) is 30.9 Å². The van der Waals surface area contributed by atoms with Gasteiger partial charge in [-0.2, -0.15) is 0 Å². The largest absolute Gasteiger partial charge is 0.347 e. The van der Waals surface area contributed by atoms with Gasteiger partial charge >= 0.3 is 0 Å². The Morgan fingerprint density at radius 1 is 1.16 bits per heavy atom. The highest BCUT2D eigenvalue weighted by Gasteiger charge is 2.06. The molecular weight excluding hydrogens is 232 g/mol. The minimum absolute atomic E-state index is 0.258. The molecule has 0 saturated carbocycles. The van der Waals surface area contributed by atoms with E-state index in [9.17, 15) is 0 Å². The molecule has 102 valence electrons. The van der Waals surface area contributed by atoms with Crippen LogP contribution in [-0.2, 0) is 13.0 Å². The second-order valence-corrected chi connectivity index (χ2v) is 5.42. The van der Waals surface area contributed by atoms with Crippen molar-refractivity contribution in [2.45, 2.75) is 46.2 Å². The van der Waals surface area contributed by atoms with Crippen LogP contribution < -0.4 is 5.73 Å². The molecule has 19 heavy (non-hydrogen) atoms. The molecule has 1 aromatic heterocycles. The Kier molecular flexibility index (Phi) is 4.43. The first-order chi connectivity index (χ1) is 9.10. The Morgan fingerprint density at radius 2 is 1.95 bits per heavy atom. The van der Waals surface area contributed by atoms with E-state index < -0.39 is 0 Å². The molecule has 0 amide bonds. The lowest BCUT2D eigenvalue weighted by Gasteiger charge is -2.13. The van der Waals surface area contributed by atoms with Crippen LogP contribution in [0.2, 0.25) is 0 Å². The maximum atomic E-state index is 6.06. The molecule has 2 heteroatoms. The number of aryl methyl sites for hydroxylation is 2. The average Bonchev–Trinajstić information content (AvgIpc) is 2.81. The van der Waals surface area contributed by atoms with Gasteiger partial charge in [0.25, 0.3) is 0 Å². The summed E-state index contributed by atoms with van der Waals surface area (Å²) < 4.78 is 2.31. The average molecular weight is 256 g/mol. The fourth-order valence-corrected chi connectivity index (χ4v) is 2.30. The van der Waals surface area contributed by atoms with Crippen molar-refractivity contribution in [3.05, 3.63) is 58.9 Å². The minimum atomic E-state index is 0.258. The van der Waals surface area contributed by atoms with Crippen LogP contribution in [0.15, 0.2) is 36.5 Å². The summed E-state index contributed by atoms with van der Waals surface area (Å²) in [6, 6.07) is 11.2. The van der Waals surface area contributed by atoms with Crippen LogP contribution in [0.5, 0.6) is 0 Å². The molecule has 1 atom stereocenters. The van der Waals surface area contributed by atoms with E-state index in [-0.39, 0.29) is 6.04 Å². The van der Waals surface area contributed by atoms with Gasteiger partial charge in [-0.1, -0.05) is 25.1 Å². The monoisotopic (exact) mass is 256 g/mol. The first-order valence-electron chi connectivity index (χ1n) is 7.06. The zero-order valence-electron chi connectivity index (χ0n) is 12.2. The highest BCUT2D eigenvalue weighted by molar-refractivity contribution is 5.30. The van der Waals surface area contributed by atoms with E-state index >= 15 is 0 Å². The third-order valence-electron chi connectivity index (χ3n) is 3.84. The van der Waals surface area contributed by atoms with E-state index in [0.717, 1.165) is 19.4 Å². The molecule has 0 saturated heterocycles. The van der Waals surface area contributed by atoms with E-state index in [0.29, 0.717) is 0 Å². The SMILES string of the molecule is CCC(N)Cc1cccn1Cc1ccc(C)c(C)c1. The number of nitrogens with zero attached hydrogens (tertiary/aromatic N) is 1. The molecule has 1 unspecified atom stereocenters. The van der Waals surface area contributed by atoms with Gasteiger partial charge in [0.15, 0.2) is 0 Å². The zero-order chi connectivity index (χ0) is 13.8. The normalized spacial score (nSPS) is 12.6. The molecule has 2 rings (SSSR count). The Morgan fingerprint density at radius 3 is 2.63 bits per heavy atom. The highest BCUT2D eigenvalue weighted by Crippen LogP contribution is 2.14. The third kappa shape index (κ3) is 3.48. The van der Waals surface area contributed by atoms with Crippen LogP contribution in [0, 0.1) is 13.8 Å². The van der Waals surface area contributed by atoms with E-state index in [1.54, 1.807) is 0 Å². The molecule has 2 N–H and O–H groups in total. The van der Waals surface area contributed by atoms with Gasteiger partial charge in [0.2, 0.25) is 0 Å². The summed E-state index contributed by atoms with van der Waals surface area (Å²) in [5.74, 6) is 0. The standard InChI is InChI=1S/C17H24N2/c1-4-16(18)11-17-6-5-9-19(17)12-15-8-7-13(2)14(3)10-15/h5-10,16H,4,11-12,18H2,1-3H3. The lowest BCUT2D eigenvalue weighted by Crippen LogP contribution is -2.23. The van der Waals surface area contributed by atoms with Gasteiger partial charge < -0.3 is 10.3 Å². The number of rotatable bonds is 5. The van der Waals surface area contributed by atoms with Crippen molar-refractivity contribution in [1.82, 2.24) is 4.57 Å². The van der Waals surface area contributed by atoms with Crippen molar-refractivity contribution in [1.29, 1.82) is 0 Å². The molecule has 1 heterocycles. The summed E-state index contributed by atoms with van der Waals surface area (Å²) in [5, 5.41) is 0. The van der Waals surface area contributed by atoms with Crippen LogP contribution >= 0.6 is 0 Å². The highest BCUT2D eigenvalue weighted by atomic mass is 15.0. The molecular formula is C17H24N2. The Labute approximate surface area is 116 Å². The van der Waals surface area contributed by atoms with Gasteiger partial charge in [0.1, 0.15) is 0 Å². The lowest BCUT2D eigenvalue weighted by atomic mass is 10.1. The maximum absolute atomic E-state index is 6.06. The molecule has 0 bridgehead atoms. The van der Waals surface area contributed by atoms with Gasteiger partial charge in [-0.25, -0.2) is 0 Å². The van der Waals surface area contributed by atoms with Crippen LogP contribution in [0.3, 0.4) is 0 Å². The summed E-state index contributed by atoms with van der Waals surface area (Å²) in [5.41, 5.74) is 11.4. The first-order valence-corrected chi connectivity index (χ1v) is 7.06.